The Morgan fingerprint density at radius 2 is 2.47 bits per heavy atom. The van der Waals surface area contributed by atoms with Crippen LogP contribution >= 0.6 is 11.3 Å². The summed E-state index contributed by atoms with van der Waals surface area (Å²) in [6.07, 6.45) is 3.67. The highest BCUT2D eigenvalue weighted by molar-refractivity contribution is 7.10. The third-order valence-corrected chi connectivity index (χ3v) is 3.71. The molecule has 4 heteroatoms. The minimum absolute atomic E-state index is 0.0970. The van der Waals surface area contributed by atoms with Crippen molar-refractivity contribution in [1.29, 1.82) is 0 Å². The molecule has 0 saturated heterocycles. The number of carbonyl (C=O) groups excluding carboxylic acids is 1. The SMILES string of the molecule is NC1CCCC1NC(=O)Cc1cccs1. The molecule has 2 unspecified atom stereocenters. The lowest BCUT2D eigenvalue weighted by Crippen LogP contribution is -2.44. The van der Waals surface area contributed by atoms with Gasteiger partial charge in [0.25, 0.3) is 0 Å². The van der Waals surface area contributed by atoms with Gasteiger partial charge in [0.05, 0.1) is 6.42 Å². The molecule has 3 N–H and O–H groups in total. The predicted octanol–water partition coefficient (Wildman–Crippen LogP) is 1.29. The molecule has 1 heterocycles. The van der Waals surface area contributed by atoms with Crippen LogP contribution in [0.25, 0.3) is 0 Å². The van der Waals surface area contributed by atoms with Gasteiger partial charge in [-0.2, -0.15) is 0 Å². The van der Waals surface area contributed by atoms with Crippen LogP contribution in [0.1, 0.15) is 24.1 Å². The molecule has 82 valence electrons. The van der Waals surface area contributed by atoms with Crippen molar-refractivity contribution in [2.75, 3.05) is 0 Å². The molecule has 0 radical (unpaired) electrons. The lowest BCUT2D eigenvalue weighted by atomic mass is 10.2. The Kier molecular flexibility index (Phi) is 3.38. The van der Waals surface area contributed by atoms with E-state index in [1.807, 2.05) is 17.5 Å². The first kappa shape index (κ1) is 10.6. The van der Waals surface area contributed by atoms with Gasteiger partial charge in [-0.05, 0) is 30.7 Å². The van der Waals surface area contributed by atoms with Crippen molar-refractivity contribution in [2.24, 2.45) is 5.73 Å². The summed E-state index contributed by atoms with van der Waals surface area (Å²) in [6.45, 7) is 0. The Hall–Kier alpha value is -0.870. The molecule has 1 saturated carbocycles. The largest absolute Gasteiger partial charge is 0.351 e. The number of carbonyl (C=O) groups is 1. The molecule has 2 rings (SSSR count). The summed E-state index contributed by atoms with van der Waals surface area (Å²) in [5.74, 6) is 0.0970. The lowest BCUT2D eigenvalue weighted by molar-refractivity contribution is -0.121. The van der Waals surface area contributed by atoms with Gasteiger partial charge in [0.15, 0.2) is 0 Å². The molecule has 1 amide bonds. The summed E-state index contributed by atoms with van der Waals surface area (Å²) in [7, 11) is 0. The zero-order valence-electron chi connectivity index (χ0n) is 8.61. The first-order valence-corrected chi connectivity index (χ1v) is 6.21. The maximum atomic E-state index is 11.7. The summed E-state index contributed by atoms with van der Waals surface area (Å²) in [5, 5.41) is 5.00. The second-order valence-electron chi connectivity index (χ2n) is 4.02. The van der Waals surface area contributed by atoms with E-state index in [1.165, 1.54) is 0 Å². The van der Waals surface area contributed by atoms with E-state index in [0.717, 1.165) is 24.1 Å². The van der Waals surface area contributed by atoms with Crippen molar-refractivity contribution in [1.82, 2.24) is 5.32 Å². The first-order chi connectivity index (χ1) is 7.25. The zero-order valence-corrected chi connectivity index (χ0v) is 9.43. The Balaban J connectivity index is 1.82. The Morgan fingerprint density at radius 3 is 3.07 bits per heavy atom. The van der Waals surface area contributed by atoms with Crippen LogP contribution in [0.5, 0.6) is 0 Å². The van der Waals surface area contributed by atoms with Crippen molar-refractivity contribution < 1.29 is 4.79 Å². The minimum Gasteiger partial charge on any atom is -0.351 e. The molecule has 1 aromatic heterocycles. The highest BCUT2D eigenvalue weighted by atomic mass is 32.1. The number of amides is 1. The van der Waals surface area contributed by atoms with Gasteiger partial charge in [-0.25, -0.2) is 0 Å². The Morgan fingerprint density at radius 1 is 1.60 bits per heavy atom. The fourth-order valence-corrected chi connectivity index (χ4v) is 2.70. The van der Waals surface area contributed by atoms with E-state index in [2.05, 4.69) is 5.32 Å². The van der Waals surface area contributed by atoms with Crippen LogP contribution in [0.4, 0.5) is 0 Å². The summed E-state index contributed by atoms with van der Waals surface area (Å²) in [5.41, 5.74) is 5.89. The third kappa shape index (κ3) is 2.79. The smallest absolute Gasteiger partial charge is 0.225 e. The van der Waals surface area contributed by atoms with Gasteiger partial charge in [-0.3, -0.25) is 4.79 Å². The number of thiophene rings is 1. The monoisotopic (exact) mass is 224 g/mol. The second-order valence-corrected chi connectivity index (χ2v) is 5.06. The van der Waals surface area contributed by atoms with E-state index in [4.69, 9.17) is 5.73 Å². The van der Waals surface area contributed by atoms with E-state index in [9.17, 15) is 4.79 Å². The van der Waals surface area contributed by atoms with Crippen LogP contribution < -0.4 is 11.1 Å². The zero-order chi connectivity index (χ0) is 10.7. The van der Waals surface area contributed by atoms with Gasteiger partial charge in [0.1, 0.15) is 0 Å². The second kappa shape index (κ2) is 4.77. The molecule has 15 heavy (non-hydrogen) atoms. The predicted molar refractivity (Wildman–Crippen MR) is 61.8 cm³/mol. The van der Waals surface area contributed by atoms with Gasteiger partial charge in [-0.1, -0.05) is 6.07 Å². The number of nitrogens with two attached hydrogens (primary N) is 1. The molecular formula is C11H16N2OS. The molecule has 1 aliphatic rings. The third-order valence-electron chi connectivity index (χ3n) is 2.83. The summed E-state index contributed by atoms with van der Waals surface area (Å²) in [4.78, 5) is 12.8. The van der Waals surface area contributed by atoms with Crippen molar-refractivity contribution in [2.45, 2.75) is 37.8 Å². The summed E-state index contributed by atoms with van der Waals surface area (Å²) in [6, 6.07) is 4.29. The number of hydrogen-bond donors (Lipinski definition) is 2. The average molecular weight is 224 g/mol. The molecular weight excluding hydrogens is 208 g/mol. The molecule has 0 spiro atoms. The van der Waals surface area contributed by atoms with Gasteiger partial charge >= 0.3 is 0 Å². The molecule has 0 aliphatic heterocycles. The van der Waals surface area contributed by atoms with Gasteiger partial charge in [0.2, 0.25) is 5.91 Å². The molecule has 1 fully saturated rings. The number of hydrogen-bond acceptors (Lipinski definition) is 3. The van der Waals surface area contributed by atoms with E-state index >= 15 is 0 Å². The normalized spacial score (nSPS) is 25.4. The van der Waals surface area contributed by atoms with Crippen LogP contribution in [-0.4, -0.2) is 18.0 Å². The van der Waals surface area contributed by atoms with E-state index < -0.39 is 0 Å². The van der Waals surface area contributed by atoms with Crippen LogP contribution in [0.2, 0.25) is 0 Å². The first-order valence-electron chi connectivity index (χ1n) is 5.33. The van der Waals surface area contributed by atoms with Crippen molar-refractivity contribution in [3.8, 4) is 0 Å². The average Bonchev–Trinajstić information content (AvgIpc) is 2.79. The van der Waals surface area contributed by atoms with Crippen molar-refractivity contribution in [3.05, 3.63) is 22.4 Å². The Labute approximate surface area is 93.7 Å². The maximum Gasteiger partial charge on any atom is 0.225 e. The Bertz CT molecular complexity index is 323. The fraction of sp³-hybridized carbons (Fsp3) is 0.545. The maximum absolute atomic E-state index is 11.7. The quantitative estimate of drug-likeness (QED) is 0.812. The number of nitrogens with one attached hydrogen (secondary N) is 1. The molecule has 3 nitrogen and oxygen atoms in total. The minimum atomic E-state index is 0.0970. The van der Waals surface area contributed by atoms with Crippen LogP contribution in [0.15, 0.2) is 17.5 Å². The van der Waals surface area contributed by atoms with E-state index in [-0.39, 0.29) is 18.0 Å². The van der Waals surface area contributed by atoms with Crippen molar-refractivity contribution >= 4 is 17.2 Å². The van der Waals surface area contributed by atoms with Crippen molar-refractivity contribution in [3.63, 3.8) is 0 Å². The summed E-state index contributed by atoms with van der Waals surface area (Å²) < 4.78 is 0. The fourth-order valence-electron chi connectivity index (χ4n) is 2.00. The van der Waals surface area contributed by atoms with E-state index in [0.29, 0.717) is 6.42 Å². The molecule has 1 aromatic rings. The standard InChI is InChI=1S/C11H16N2OS/c12-9-4-1-5-10(9)13-11(14)7-8-3-2-6-15-8/h2-3,6,9-10H,1,4-5,7,12H2,(H,13,14). The van der Waals surface area contributed by atoms with Gasteiger partial charge in [-0.15, -0.1) is 11.3 Å². The highest BCUT2D eigenvalue weighted by Crippen LogP contribution is 2.17. The molecule has 0 aromatic carbocycles. The van der Waals surface area contributed by atoms with E-state index in [1.54, 1.807) is 11.3 Å². The lowest BCUT2D eigenvalue weighted by Gasteiger charge is -2.16. The molecule has 1 aliphatic carbocycles. The molecule has 0 bridgehead atoms. The van der Waals surface area contributed by atoms with Crippen LogP contribution in [-0.2, 0) is 11.2 Å². The van der Waals surface area contributed by atoms with Gasteiger partial charge < -0.3 is 11.1 Å². The van der Waals surface area contributed by atoms with Crippen LogP contribution in [0.3, 0.4) is 0 Å². The van der Waals surface area contributed by atoms with Crippen LogP contribution in [0, 0.1) is 0 Å². The highest BCUT2D eigenvalue weighted by Gasteiger charge is 2.25. The topological polar surface area (TPSA) is 55.1 Å². The number of rotatable bonds is 3. The summed E-state index contributed by atoms with van der Waals surface area (Å²) >= 11 is 1.62. The van der Waals surface area contributed by atoms with Gasteiger partial charge in [0, 0.05) is 17.0 Å². The molecule has 2 atom stereocenters.